The fraction of sp³-hybridized carbons (Fsp3) is 0.556. The number of nitro benzene ring substituents is 1. The third-order valence-corrected chi connectivity index (χ3v) is 5.14. The molecule has 3 rings (SSSR count). The van der Waals surface area contributed by atoms with Gasteiger partial charge < -0.3 is 9.80 Å². The minimum atomic E-state index is -0.455. The van der Waals surface area contributed by atoms with E-state index in [2.05, 4.69) is 0 Å². The second-order valence-corrected chi connectivity index (χ2v) is 6.75. The quantitative estimate of drug-likeness (QED) is 0.617. The molecule has 2 heterocycles. The highest BCUT2D eigenvalue weighted by Gasteiger charge is 2.31. The van der Waals surface area contributed by atoms with Crippen LogP contribution >= 0.6 is 0 Å². The number of amides is 2. The van der Waals surface area contributed by atoms with E-state index in [-0.39, 0.29) is 29.8 Å². The van der Waals surface area contributed by atoms with E-state index in [0.717, 1.165) is 25.9 Å². The van der Waals surface area contributed by atoms with Crippen molar-refractivity contribution in [2.45, 2.75) is 32.1 Å². The molecule has 1 aromatic rings. The lowest BCUT2D eigenvalue weighted by Gasteiger charge is -2.33. The first-order chi connectivity index (χ1) is 12.1. The number of hydrogen-bond acceptors (Lipinski definition) is 4. The number of nitro groups is 1. The van der Waals surface area contributed by atoms with Gasteiger partial charge in [0.25, 0.3) is 5.69 Å². The van der Waals surface area contributed by atoms with Gasteiger partial charge in [-0.25, -0.2) is 0 Å². The van der Waals surface area contributed by atoms with Crippen LogP contribution in [0.5, 0.6) is 0 Å². The molecule has 2 fully saturated rings. The molecule has 2 aliphatic rings. The number of carbonyl (C=O) groups excluding carboxylic acids is 2. The van der Waals surface area contributed by atoms with Gasteiger partial charge in [0, 0.05) is 43.7 Å². The van der Waals surface area contributed by atoms with Gasteiger partial charge in [0.15, 0.2) is 0 Å². The largest absolute Gasteiger partial charge is 0.342 e. The summed E-state index contributed by atoms with van der Waals surface area (Å²) in [6.45, 7) is 2.80. The maximum atomic E-state index is 12.5. The standard InChI is InChI=1S/C18H23N3O4/c22-17(13-15-5-1-2-6-16(15)21(24)25)19-11-7-14(8-12-19)18(23)20-9-3-4-10-20/h1-2,5-6,14H,3-4,7-13H2. The maximum Gasteiger partial charge on any atom is 0.273 e. The third kappa shape index (κ3) is 3.97. The molecule has 0 bridgehead atoms. The Morgan fingerprint density at radius 1 is 1.04 bits per heavy atom. The van der Waals surface area contributed by atoms with Gasteiger partial charge in [-0.1, -0.05) is 18.2 Å². The van der Waals surface area contributed by atoms with Crippen molar-refractivity contribution >= 4 is 17.5 Å². The van der Waals surface area contributed by atoms with Gasteiger partial charge in [-0.05, 0) is 25.7 Å². The molecule has 0 aliphatic carbocycles. The second kappa shape index (κ2) is 7.63. The number of nitrogens with zero attached hydrogens (tertiary/aromatic N) is 3. The van der Waals surface area contributed by atoms with Crippen LogP contribution in [0.1, 0.15) is 31.2 Å². The lowest BCUT2D eigenvalue weighted by atomic mass is 9.95. The predicted molar refractivity (Wildman–Crippen MR) is 91.9 cm³/mol. The fourth-order valence-electron chi connectivity index (χ4n) is 3.68. The highest BCUT2D eigenvalue weighted by molar-refractivity contribution is 5.82. The van der Waals surface area contributed by atoms with Crippen LogP contribution in [0.15, 0.2) is 24.3 Å². The molecule has 1 aromatic carbocycles. The SMILES string of the molecule is O=C(Cc1ccccc1[N+](=O)[O-])N1CCC(C(=O)N2CCCC2)CC1. The molecule has 0 aromatic heterocycles. The van der Waals surface area contributed by atoms with Crippen molar-refractivity contribution in [3.05, 3.63) is 39.9 Å². The Morgan fingerprint density at radius 3 is 2.32 bits per heavy atom. The van der Waals surface area contributed by atoms with E-state index in [9.17, 15) is 19.7 Å². The Kier molecular flexibility index (Phi) is 5.31. The van der Waals surface area contributed by atoms with Crippen LogP contribution in [0.25, 0.3) is 0 Å². The Morgan fingerprint density at radius 2 is 1.68 bits per heavy atom. The Balaban J connectivity index is 1.55. The molecule has 7 heteroatoms. The summed E-state index contributed by atoms with van der Waals surface area (Å²) in [7, 11) is 0. The second-order valence-electron chi connectivity index (χ2n) is 6.75. The molecular weight excluding hydrogens is 322 g/mol. The first-order valence-electron chi connectivity index (χ1n) is 8.85. The topological polar surface area (TPSA) is 83.8 Å². The number of likely N-dealkylation sites (tertiary alicyclic amines) is 2. The van der Waals surface area contributed by atoms with Crippen molar-refractivity contribution in [1.29, 1.82) is 0 Å². The molecule has 0 atom stereocenters. The van der Waals surface area contributed by atoms with E-state index in [1.54, 1.807) is 23.1 Å². The summed E-state index contributed by atoms with van der Waals surface area (Å²) in [5.41, 5.74) is 0.419. The lowest BCUT2D eigenvalue weighted by molar-refractivity contribution is -0.385. The summed E-state index contributed by atoms with van der Waals surface area (Å²) in [5.74, 6) is 0.123. The van der Waals surface area contributed by atoms with Crippen LogP contribution in [0.2, 0.25) is 0 Å². The van der Waals surface area contributed by atoms with Crippen LogP contribution in [0, 0.1) is 16.0 Å². The van der Waals surface area contributed by atoms with Crippen molar-refractivity contribution in [2.24, 2.45) is 5.92 Å². The lowest BCUT2D eigenvalue weighted by Crippen LogP contribution is -2.44. The fourth-order valence-corrected chi connectivity index (χ4v) is 3.68. The minimum absolute atomic E-state index is 0.00760. The number of hydrogen-bond donors (Lipinski definition) is 0. The molecule has 0 radical (unpaired) electrons. The van der Waals surface area contributed by atoms with Crippen molar-refractivity contribution in [3.8, 4) is 0 Å². The molecule has 0 N–H and O–H groups in total. The van der Waals surface area contributed by atoms with E-state index >= 15 is 0 Å². The highest BCUT2D eigenvalue weighted by atomic mass is 16.6. The summed E-state index contributed by atoms with van der Waals surface area (Å²) in [6.07, 6.45) is 3.55. The Bertz CT molecular complexity index is 662. The average Bonchev–Trinajstić information content (AvgIpc) is 3.16. The molecule has 0 saturated carbocycles. The van der Waals surface area contributed by atoms with Gasteiger partial charge in [-0.15, -0.1) is 0 Å². The van der Waals surface area contributed by atoms with Gasteiger partial charge in [-0.3, -0.25) is 19.7 Å². The van der Waals surface area contributed by atoms with E-state index in [1.165, 1.54) is 6.07 Å². The molecule has 2 amide bonds. The number of rotatable bonds is 4. The maximum absolute atomic E-state index is 12.5. The number of para-hydroxylation sites is 1. The Hall–Kier alpha value is -2.44. The van der Waals surface area contributed by atoms with Crippen LogP contribution in [0.3, 0.4) is 0 Å². The number of carbonyl (C=O) groups is 2. The number of piperidine rings is 1. The molecule has 25 heavy (non-hydrogen) atoms. The van der Waals surface area contributed by atoms with Gasteiger partial charge >= 0.3 is 0 Å². The van der Waals surface area contributed by atoms with E-state index < -0.39 is 4.92 Å². The molecule has 134 valence electrons. The Labute approximate surface area is 146 Å². The minimum Gasteiger partial charge on any atom is -0.342 e. The highest BCUT2D eigenvalue weighted by Crippen LogP contribution is 2.24. The molecule has 2 saturated heterocycles. The summed E-state index contributed by atoms with van der Waals surface area (Å²) in [4.78, 5) is 39.2. The van der Waals surface area contributed by atoms with Crippen molar-refractivity contribution < 1.29 is 14.5 Å². The summed E-state index contributed by atoms with van der Waals surface area (Å²) in [5, 5.41) is 11.1. The molecule has 2 aliphatic heterocycles. The zero-order valence-electron chi connectivity index (χ0n) is 14.2. The van der Waals surface area contributed by atoms with Gasteiger partial charge in [0.2, 0.25) is 11.8 Å². The summed E-state index contributed by atoms with van der Waals surface area (Å²) >= 11 is 0. The van der Waals surface area contributed by atoms with Gasteiger partial charge in [0.05, 0.1) is 11.3 Å². The van der Waals surface area contributed by atoms with E-state index in [1.807, 2.05) is 4.90 Å². The normalized spacial score (nSPS) is 18.4. The van der Waals surface area contributed by atoms with Crippen molar-refractivity contribution in [2.75, 3.05) is 26.2 Å². The third-order valence-electron chi connectivity index (χ3n) is 5.14. The van der Waals surface area contributed by atoms with Crippen LogP contribution in [0.4, 0.5) is 5.69 Å². The van der Waals surface area contributed by atoms with Crippen LogP contribution in [-0.4, -0.2) is 52.7 Å². The summed E-state index contributed by atoms with van der Waals surface area (Å²) in [6, 6.07) is 6.35. The average molecular weight is 345 g/mol. The molecule has 7 nitrogen and oxygen atoms in total. The monoisotopic (exact) mass is 345 g/mol. The van der Waals surface area contributed by atoms with Crippen molar-refractivity contribution in [1.82, 2.24) is 9.80 Å². The van der Waals surface area contributed by atoms with Crippen molar-refractivity contribution in [3.63, 3.8) is 0 Å². The zero-order chi connectivity index (χ0) is 17.8. The first kappa shape index (κ1) is 17.4. The first-order valence-corrected chi connectivity index (χ1v) is 8.85. The van der Waals surface area contributed by atoms with Crippen LogP contribution < -0.4 is 0 Å². The van der Waals surface area contributed by atoms with Crippen LogP contribution in [-0.2, 0) is 16.0 Å². The van der Waals surface area contributed by atoms with Gasteiger partial charge in [-0.2, -0.15) is 0 Å². The van der Waals surface area contributed by atoms with E-state index in [4.69, 9.17) is 0 Å². The van der Waals surface area contributed by atoms with E-state index in [0.29, 0.717) is 31.5 Å². The zero-order valence-corrected chi connectivity index (χ0v) is 14.2. The molecular formula is C18H23N3O4. The number of benzene rings is 1. The molecule has 0 unspecified atom stereocenters. The smallest absolute Gasteiger partial charge is 0.273 e. The molecule has 0 spiro atoms. The van der Waals surface area contributed by atoms with Gasteiger partial charge in [0.1, 0.15) is 0 Å². The predicted octanol–water partition coefficient (Wildman–Crippen LogP) is 2.00. The summed E-state index contributed by atoms with van der Waals surface area (Å²) < 4.78 is 0.